The molecule has 9 atom stereocenters. The smallest absolute Gasteiger partial charge is 0.222 e. The number of hydrogen-bond acceptors (Lipinski definition) is 1. The molecule has 0 radical (unpaired) electrons. The van der Waals surface area contributed by atoms with Gasteiger partial charge in [0.1, 0.15) is 0 Å². The van der Waals surface area contributed by atoms with E-state index in [2.05, 4.69) is 53.5 Å². The van der Waals surface area contributed by atoms with Gasteiger partial charge in [0, 0.05) is 19.5 Å². The zero-order valence-corrected chi connectivity index (χ0v) is 22.5. The van der Waals surface area contributed by atoms with Crippen LogP contribution in [0, 0.1) is 52.3 Å². The van der Waals surface area contributed by atoms with Gasteiger partial charge in [0.15, 0.2) is 0 Å². The summed E-state index contributed by atoms with van der Waals surface area (Å²) in [5.74, 6) is 6.56. The highest BCUT2D eigenvalue weighted by Gasteiger charge is 2.63. The third-order valence-corrected chi connectivity index (χ3v) is 11.6. The van der Waals surface area contributed by atoms with Gasteiger partial charge in [0.2, 0.25) is 5.91 Å². The summed E-state index contributed by atoms with van der Waals surface area (Å²) in [5.41, 5.74) is 0.907. The minimum atomic E-state index is 0.347. The predicted octanol–water partition coefficient (Wildman–Crippen LogP) is 7.95. The summed E-state index contributed by atoms with van der Waals surface area (Å²) in [6, 6.07) is 0.484. The van der Waals surface area contributed by atoms with E-state index in [0.717, 1.165) is 54.3 Å². The maximum absolute atomic E-state index is 12.6. The fourth-order valence-corrected chi connectivity index (χ4v) is 9.97. The van der Waals surface area contributed by atoms with E-state index in [0.29, 0.717) is 22.8 Å². The van der Waals surface area contributed by atoms with Gasteiger partial charge in [-0.3, -0.25) is 4.79 Å². The number of piperidine rings is 1. The lowest BCUT2D eigenvalue weighted by molar-refractivity contribution is -0.169. The highest BCUT2D eigenvalue weighted by Crippen LogP contribution is 2.68. The molecule has 0 aromatic carbocycles. The molecule has 0 bridgehead atoms. The van der Waals surface area contributed by atoms with Crippen LogP contribution in [0.1, 0.15) is 119 Å². The van der Waals surface area contributed by atoms with Crippen LogP contribution in [0.15, 0.2) is 0 Å². The first kappa shape index (κ1) is 24.6. The molecule has 4 fully saturated rings. The quantitative estimate of drug-likeness (QED) is 0.391. The summed E-state index contributed by atoms with van der Waals surface area (Å²) in [4.78, 5) is 14.8. The molecule has 0 spiro atoms. The normalized spacial score (nSPS) is 44.9. The Hall–Kier alpha value is -0.530. The summed E-state index contributed by atoms with van der Waals surface area (Å²) in [5, 5.41) is 0. The van der Waals surface area contributed by atoms with Crippen LogP contribution in [-0.4, -0.2) is 23.9 Å². The van der Waals surface area contributed by atoms with E-state index in [1.807, 2.05) is 0 Å². The van der Waals surface area contributed by atoms with Crippen LogP contribution < -0.4 is 0 Å². The number of fused-ring (bicyclic) bond motifs is 5. The first-order chi connectivity index (χ1) is 15.1. The number of carbonyl (C=O) groups is 1. The third kappa shape index (κ3) is 3.98. The molecule has 1 saturated heterocycles. The SMILES string of the molecule is CCCC1C[C@H]2N(C)C(=O)CC[C@]2(C)[C@H]2CC[C@]3(C)[C@@H]([C@H](C)CCCC(C)C)CC[C@H]3[C@H]12. The Morgan fingerprint density at radius 2 is 1.72 bits per heavy atom. The van der Waals surface area contributed by atoms with Crippen LogP contribution in [0.2, 0.25) is 0 Å². The molecular formula is C30H53NO. The third-order valence-electron chi connectivity index (χ3n) is 11.6. The molecule has 0 N–H and O–H groups in total. The number of amides is 1. The Morgan fingerprint density at radius 1 is 1.00 bits per heavy atom. The lowest BCUT2D eigenvalue weighted by Gasteiger charge is -2.64. The van der Waals surface area contributed by atoms with Crippen molar-refractivity contribution in [1.29, 1.82) is 0 Å². The average molecular weight is 444 g/mol. The number of hydrogen-bond donors (Lipinski definition) is 0. The lowest BCUT2D eigenvalue weighted by Crippen LogP contribution is -2.63. The van der Waals surface area contributed by atoms with E-state index in [1.54, 1.807) is 0 Å². The molecule has 4 rings (SSSR count). The molecule has 1 aliphatic heterocycles. The molecule has 1 heterocycles. The zero-order valence-electron chi connectivity index (χ0n) is 22.5. The van der Waals surface area contributed by atoms with Crippen LogP contribution in [0.4, 0.5) is 0 Å². The maximum atomic E-state index is 12.6. The largest absolute Gasteiger partial charge is 0.342 e. The van der Waals surface area contributed by atoms with Crippen molar-refractivity contribution in [2.75, 3.05) is 7.05 Å². The van der Waals surface area contributed by atoms with Crippen molar-refractivity contribution in [2.24, 2.45) is 52.3 Å². The van der Waals surface area contributed by atoms with Gasteiger partial charge in [-0.05, 0) is 90.8 Å². The molecule has 184 valence electrons. The van der Waals surface area contributed by atoms with Gasteiger partial charge in [-0.1, -0.05) is 73.6 Å². The maximum Gasteiger partial charge on any atom is 0.222 e. The first-order valence-electron chi connectivity index (χ1n) is 14.4. The van der Waals surface area contributed by atoms with Crippen molar-refractivity contribution in [3.8, 4) is 0 Å². The molecule has 3 aliphatic carbocycles. The molecule has 0 aromatic rings. The van der Waals surface area contributed by atoms with Crippen molar-refractivity contribution in [3.05, 3.63) is 0 Å². The fraction of sp³-hybridized carbons (Fsp3) is 0.967. The topological polar surface area (TPSA) is 20.3 Å². The van der Waals surface area contributed by atoms with E-state index in [9.17, 15) is 4.79 Å². The van der Waals surface area contributed by atoms with Crippen LogP contribution in [-0.2, 0) is 4.79 Å². The number of nitrogens with zero attached hydrogens (tertiary/aromatic N) is 1. The minimum Gasteiger partial charge on any atom is -0.342 e. The van der Waals surface area contributed by atoms with Crippen LogP contribution in [0.3, 0.4) is 0 Å². The molecule has 32 heavy (non-hydrogen) atoms. The van der Waals surface area contributed by atoms with Gasteiger partial charge in [-0.2, -0.15) is 0 Å². The van der Waals surface area contributed by atoms with Crippen molar-refractivity contribution in [3.63, 3.8) is 0 Å². The van der Waals surface area contributed by atoms with Crippen molar-refractivity contribution in [2.45, 2.75) is 125 Å². The van der Waals surface area contributed by atoms with E-state index in [1.165, 1.54) is 64.2 Å². The lowest BCUT2D eigenvalue weighted by atomic mass is 9.43. The zero-order chi connectivity index (χ0) is 23.3. The van der Waals surface area contributed by atoms with Crippen molar-refractivity contribution < 1.29 is 4.79 Å². The summed E-state index contributed by atoms with van der Waals surface area (Å²) < 4.78 is 0. The molecule has 1 unspecified atom stereocenters. The Labute approximate surface area is 199 Å². The summed E-state index contributed by atoms with van der Waals surface area (Å²) in [7, 11) is 2.12. The second kappa shape index (κ2) is 9.26. The second-order valence-electron chi connectivity index (χ2n) is 13.6. The van der Waals surface area contributed by atoms with Crippen molar-refractivity contribution >= 4 is 5.91 Å². The van der Waals surface area contributed by atoms with Crippen LogP contribution >= 0.6 is 0 Å². The Morgan fingerprint density at radius 3 is 2.41 bits per heavy atom. The standard InChI is InChI=1S/C30H53NO/c1-8-10-22-19-26-30(6,18-16-27(32)31(26)7)25-15-17-29(5)23(13-14-24(29)28(22)25)21(4)12-9-11-20(2)3/h20-26,28H,8-19H2,1-7H3/t21-,22?,23-,24+,25+,26-,28+,29-,30-/m1/s1. The second-order valence-corrected chi connectivity index (χ2v) is 13.6. The van der Waals surface area contributed by atoms with Gasteiger partial charge in [0.25, 0.3) is 0 Å². The fourth-order valence-electron chi connectivity index (χ4n) is 9.97. The number of carbonyl (C=O) groups excluding carboxylic acids is 1. The molecule has 2 nitrogen and oxygen atoms in total. The van der Waals surface area contributed by atoms with Gasteiger partial charge >= 0.3 is 0 Å². The predicted molar refractivity (Wildman–Crippen MR) is 135 cm³/mol. The Bertz CT molecular complexity index is 672. The van der Waals surface area contributed by atoms with E-state index >= 15 is 0 Å². The van der Waals surface area contributed by atoms with Crippen molar-refractivity contribution in [1.82, 2.24) is 4.90 Å². The minimum absolute atomic E-state index is 0.347. The van der Waals surface area contributed by atoms with E-state index in [4.69, 9.17) is 0 Å². The Balaban J connectivity index is 1.57. The molecule has 1 amide bonds. The molecule has 4 aliphatic rings. The molecule has 3 saturated carbocycles. The monoisotopic (exact) mass is 443 g/mol. The number of rotatable bonds is 7. The highest BCUT2D eigenvalue weighted by atomic mass is 16.2. The number of likely N-dealkylation sites (tertiary alicyclic amines) is 1. The molecular weight excluding hydrogens is 390 g/mol. The van der Waals surface area contributed by atoms with Gasteiger partial charge in [0.05, 0.1) is 0 Å². The summed E-state index contributed by atoms with van der Waals surface area (Å²) >= 11 is 0. The Kier molecular flexibility index (Phi) is 7.11. The van der Waals surface area contributed by atoms with Gasteiger partial charge in [-0.25, -0.2) is 0 Å². The van der Waals surface area contributed by atoms with Gasteiger partial charge < -0.3 is 4.90 Å². The van der Waals surface area contributed by atoms with E-state index in [-0.39, 0.29) is 0 Å². The van der Waals surface area contributed by atoms with E-state index < -0.39 is 0 Å². The average Bonchev–Trinajstić information content (AvgIpc) is 3.09. The van der Waals surface area contributed by atoms with Gasteiger partial charge in [-0.15, -0.1) is 0 Å². The highest BCUT2D eigenvalue weighted by molar-refractivity contribution is 5.77. The summed E-state index contributed by atoms with van der Waals surface area (Å²) in [6.45, 7) is 15.0. The van der Waals surface area contributed by atoms with Crippen LogP contribution in [0.25, 0.3) is 0 Å². The first-order valence-corrected chi connectivity index (χ1v) is 14.4. The molecule has 0 aromatic heterocycles. The molecule has 2 heteroatoms. The van der Waals surface area contributed by atoms with Crippen LogP contribution in [0.5, 0.6) is 0 Å². The summed E-state index contributed by atoms with van der Waals surface area (Å²) in [6.07, 6.45) is 15.9.